The standard InChI is InChI=1S/C18H36O2.H2O.O.Ti/c1-2-3-4-5-6-7-8-9-10-11-12-13-14-15-16-17-18(19)20;;;/h2-17H2,1H3,(H,19,20);1H2;;/q;;;+1/p-1. The van der Waals surface area contributed by atoms with Gasteiger partial charge in [0.25, 0.3) is 0 Å². The van der Waals surface area contributed by atoms with Crippen LogP contribution in [0.15, 0.2) is 0 Å². The summed E-state index contributed by atoms with van der Waals surface area (Å²) in [6.45, 7) is 2.27. The molecule has 0 saturated heterocycles. The molecule has 0 amide bonds. The summed E-state index contributed by atoms with van der Waals surface area (Å²) in [5.74, 6) is -0.653. The molecule has 137 valence electrons. The normalized spacial score (nSPS) is 9.83. The molecule has 0 bridgehead atoms. The average molecular weight is 365 g/mol. The number of unbranched alkanes of at least 4 members (excludes halogenated alkanes) is 14. The first-order chi connectivity index (χ1) is 11.2. The van der Waals surface area contributed by atoms with Crippen LogP contribution in [0, 0.1) is 0 Å². The number of carbonyl (C=O) groups is 1. The summed E-state index contributed by atoms with van der Waals surface area (Å²) >= 11 is -1.75. The third-order valence-electron chi connectivity index (χ3n) is 3.99. The van der Waals surface area contributed by atoms with Gasteiger partial charge >= 0.3 is 32.5 Å². The van der Waals surface area contributed by atoms with E-state index in [4.69, 9.17) is 12.1 Å². The molecule has 0 radical (unpaired) electrons. The van der Waals surface area contributed by atoms with Crippen LogP contribution >= 0.6 is 0 Å². The van der Waals surface area contributed by atoms with E-state index in [1.165, 1.54) is 83.5 Å². The zero-order chi connectivity index (χ0) is 17.6. The van der Waals surface area contributed by atoms with E-state index in [-0.39, 0.29) is 0 Å². The third-order valence-corrected chi connectivity index (χ3v) is 3.99. The number of carboxylic acid groups (broad SMARTS) is 1. The molecular weight excluding hydrogens is 328 g/mol. The quantitative estimate of drug-likeness (QED) is 0.274. The number of rotatable bonds is 16. The predicted molar refractivity (Wildman–Crippen MR) is 90.1 cm³/mol. The van der Waals surface area contributed by atoms with E-state index in [1.807, 2.05) is 0 Å². The van der Waals surface area contributed by atoms with Gasteiger partial charge in [-0.3, -0.25) is 4.79 Å². The van der Waals surface area contributed by atoms with Crippen molar-refractivity contribution in [3.05, 3.63) is 0 Å². The third kappa shape index (κ3) is 30.4. The molecule has 23 heavy (non-hydrogen) atoms. The molecule has 0 unspecified atom stereocenters. The Hall–Kier alpha value is -0.0557. The molecule has 0 aliphatic heterocycles. The average Bonchev–Trinajstić information content (AvgIpc) is 2.51. The van der Waals surface area contributed by atoms with Crippen molar-refractivity contribution in [1.29, 1.82) is 0 Å². The van der Waals surface area contributed by atoms with Crippen molar-refractivity contribution < 1.29 is 36.4 Å². The summed E-state index contributed by atoms with van der Waals surface area (Å²) in [6, 6.07) is 0. The first-order valence-electron chi connectivity index (χ1n) is 9.42. The fourth-order valence-electron chi connectivity index (χ4n) is 2.65. The van der Waals surface area contributed by atoms with Gasteiger partial charge in [-0.2, -0.15) is 0 Å². The summed E-state index contributed by atoms with van der Waals surface area (Å²) in [4.78, 5) is 10.3. The van der Waals surface area contributed by atoms with Gasteiger partial charge in [-0.1, -0.05) is 96.8 Å². The molecule has 0 fully saturated rings. The summed E-state index contributed by atoms with van der Waals surface area (Å²) in [5, 5.41) is 8.52. The zero-order valence-corrected chi connectivity index (χ0v) is 16.6. The van der Waals surface area contributed by atoms with Crippen LogP contribution in [0.2, 0.25) is 0 Å². The first-order valence-corrected chi connectivity index (χ1v) is 10.8. The Morgan fingerprint density at radius 2 is 0.957 bits per heavy atom. The van der Waals surface area contributed by atoms with Gasteiger partial charge in [0, 0.05) is 6.42 Å². The molecule has 0 spiro atoms. The van der Waals surface area contributed by atoms with Crippen LogP contribution in [0.1, 0.15) is 110 Å². The maximum atomic E-state index is 10.3. The van der Waals surface area contributed by atoms with E-state index in [9.17, 15) is 4.79 Å². The molecule has 4 nitrogen and oxygen atoms in total. The molecule has 2 N–H and O–H groups in total. The van der Waals surface area contributed by atoms with Gasteiger partial charge in [0.2, 0.25) is 0 Å². The minimum atomic E-state index is -1.75. The van der Waals surface area contributed by atoms with E-state index in [1.54, 1.807) is 0 Å². The van der Waals surface area contributed by atoms with E-state index in [0.29, 0.717) is 6.42 Å². The Morgan fingerprint density at radius 1 is 0.696 bits per heavy atom. The summed E-state index contributed by atoms with van der Waals surface area (Å²) in [6.07, 6.45) is 20.2. The van der Waals surface area contributed by atoms with Crippen molar-refractivity contribution in [2.24, 2.45) is 0 Å². The minimum absolute atomic E-state index is 0.345. The second-order valence-electron chi connectivity index (χ2n) is 6.18. The molecule has 0 aliphatic rings. The van der Waals surface area contributed by atoms with Crippen LogP contribution in [0.4, 0.5) is 0 Å². The van der Waals surface area contributed by atoms with Crippen LogP contribution in [0.3, 0.4) is 0 Å². The van der Waals surface area contributed by atoms with Crippen LogP contribution in [0.5, 0.6) is 0 Å². The van der Waals surface area contributed by atoms with Gasteiger partial charge in [0.1, 0.15) is 0 Å². The molecule has 0 heterocycles. The molecule has 0 aromatic carbocycles. The maximum absolute atomic E-state index is 10.3. The van der Waals surface area contributed by atoms with Crippen molar-refractivity contribution in [3.8, 4) is 0 Å². The molecule has 0 aliphatic carbocycles. The number of aliphatic carboxylic acids is 1. The summed E-state index contributed by atoms with van der Waals surface area (Å²) < 4.78 is 15.8. The Bertz CT molecular complexity index is 247. The second-order valence-corrected chi connectivity index (χ2v) is 6.47. The Morgan fingerprint density at radius 3 is 1.22 bits per heavy atom. The molecular formula is C18H37O4Ti. The van der Waals surface area contributed by atoms with Gasteiger partial charge < -0.3 is 5.11 Å². The van der Waals surface area contributed by atoms with Crippen molar-refractivity contribution in [2.45, 2.75) is 110 Å². The SMILES string of the molecule is CCCCCCCCCCCCCCCCCC(=O)O.[O]=[Ti][OH]. The Kier molecular flexibility index (Phi) is 26.5. The molecule has 0 rings (SSSR count). The van der Waals surface area contributed by atoms with E-state index in [0.717, 1.165) is 12.8 Å². The molecule has 0 atom stereocenters. The Balaban J connectivity index is 0. The van der Waals surface area contributed by atoms with E-state index >= 15 is 0 Å². The van der Waals surface area contributed by atoms with Crippen molar-refractivity contribution in [2.75, 3.05) is 0 Å². The van der Waals surface area contributed by atoms with Gasteiger partial charge in [-0.25, -0.2) is 0 Å². The summed E-state index contributed by atoms with van der Waals surface area (Å²) in [7, 11) is 0. The van der Waals surface area contributed by atoms with Crippen molar-refractivity contribution in [3.63, 3.8) is 0 Å². The molecule has 0 aromatic rings. The van der Waals surface area contributed by atoms with Gasteiger partial charge in [0.15, 0.2) is 0 Å². The second kappa shape index (κ2) is 24.2. The fourth-order valence-corrected chi connectivity index (χ4v) is 2.65. The number of carboxylic acids is 1. The zero-order valence-electron chi connectivity index (χ0n) is 15.0. The van der Waals surface area contributed by atoms with Gasteiger partial charge in [0.05, 0.1) is 0 Å². The van der Waals surface area contributed by atoms with Crippen LogP contribution in [0.25, 0.3) is 0 Å². The predicted octanol–water partition coefficient (Wildman–Crippen LogP) is 5.65. The fraction of sp³-hybridized carbons (Fsp3) is 0.944. The Labute approximate surface area is 152 Å². The topological polar surface area (TPSA) is 74.6 Å². The van der Waals surface area contributed by atoms with Crippen molar-refractivity contribution >= 4 is 5.97 Å². The van der Waals surface area contributed by atoms with Gasteiger partial charge in [-0.05, 0) is 6.42 Å². The monoisotopic (exact) mass is 365 g/mol. The van der Waals surface area contributed by atoms with Crippen molar-refractivity contribution in [1.82, 2.24) is 0 Å². The van der Waals surface area contributed by atoms with Crippen LogP contribution in [-0.2, 0) is 27.6 Å². The van der Waals surface area contributed by atoms with Gasteiger partial charge in [-0.15, -0.1) is 0 Å². The molecule has 5 heteroatoms. The number of hydrogen-bond acceptors (Lipinski definition) is 2. The van der Waals surface area contributed by atoms with Crippen LogP contribution in [-0.4, -0.2) is 14.8 Å². The number of hydrogen-bond donors (Lipinski definition) is 2. The molecule has 0 aromatic heterocycles. The summed E-state index contributed by atoms with van der Waals surface area (Å²) in [5.41, 5.74) is 0. The van der Waals surface area contributed by atoms with E-state index < -0.39 is 25.5 Å². The van der Waals surface area contributed by atoms with Crippen LogP contribution < -0.4 is 0 Å². The molecule has 0 saturated carbocycles. The van der Waals surface area contributed by atoms with E-state index in [2.05, 4.69) is 6.92 Å². The first kappa shape index (κ1) is 25.2.